The molecule has 17 heavy (non-hydrogen) atoms. The molecule has 0 heterocycles. The number of hydrogen-bond donors (Lipinski definition) is 2. The highest BCUT2D eigenvalue weighted by Crippen LogP contribution is 2.36. The monoisotopic (exact) mass is 311 g/mol. The third-order valence-corrected chi connectivity index (χ3v) is 2.85. The highest BCUT2D eigenvalue weighted by molar-refractivity contribution is 9.10. The van der Waals surface area contributed by atoms with Gasteiger partial charge in [-0.15, -0.1) is 0 Å². The van der Waals surface area contributed by atoms with E-state index < -0.39 is 11.7 Å². The van der Waals surface area contributed by atoms with Gasteiger partial charge in [-0.05, 0) is 24.6 Å². The van der Waals surface area contributed by atoms with Crippen molar-refractivity contribution in [3.63, 3.8) is 0 Å². The van der Waals surface area contributed by atoms with Gasteiger partial charge >= 0.3 is 6.18 Å². The lowest BCUT2D eigenvalue weighted by molar-refractivity contribution is -0.137. The molecule has 0 bridgehead atoms. The Morgan fingerprint density at radius 3 is 2.53 bits per heavy atom. The maximum absolute atomic E-state index is 12.8. The smallest absolute Gasteiger partial charge is 0.394 e. The van der Waals surface area contributed by atoms with Crippen molar-refractivity contribution in [2.45, 2.75) is 25.6 Å². The first-order valence-electron chi connectivity index (χ1n) is 5.12. The van der Waals surface area contributed by atoms with Crippen LogP contribution in [0.2, 0.25) is 0 Å². The van der Waals surface area contributed by atoms with E-state index in [9.17, 15) is 13.2 Å². The van der Waals surface area contributed by atoms with Gasteiger partial charge in [0.05, 0.1) is 12.2 Å². The summed E-state index contributed by atoms with van der Waals surface area (Å²) >= 11 is 3.01. The number of benzene rings is 1. The van der Waals surface area contributed by atoms with E-state index in [1.54, 1.807) is 6.92 Å². The average Bonchev–Trinajstić information content (AvgIpc) is 2.26. The number of rotatable bonds is 4. The van der Waals surface area contributed by atoms with E-state index in [0.717, 1.165) is 6.07 Å². The van der Waals surface area contributed by atoms with Crippen molar-refractivity contribution in [3.05, 3.63) is 28.2 Å². The minimum Gasteiger partial charge on any atom is -0.394 e. The normalized spacial score (nSPS) is 13.5. The van der Waals surface area contributed by atoms with Crippen LogP contribution in [0, 0.1) is 0 Å². The van der Waals surface area contributed by atoms with Crippen LogP contribution in [0.4, 0.5) is 18.9 Å². The van der Waals surface area contributed by atoms with Crippen LogP contribution >= 0.6 is 15.9 Å². The van der Waals surface area contributed by atoms with E-state index in [2.05, 4.69) is 21.2 Å². The molecule has 0 aliphatic heterocycles. The summed E-state index contributed by atoms with van der Waals surface area (Å²) < 4.78 is 38.7. The Bertz CT molecular complexity index is 377. The lowest BCUT2D eigenvalue weighted by Gasteiger charge is -2.20. The van der Waals surface area contributed by atoms with Gasteiger partial charge in [0.2, 0.25) is 0 Å². The Balaban J connectivity index is 3.06. The summed E-state index contributed by atoms with van der Waals surface area (Å²) in [6.07, 6.45) is -3.87. The molecule has 0 aromatic heterocycles. The number of alkyl halides is 3. The number of nitrogens with one attached hydrogen (secondary N) is 1. The van der Waals surface area contributed by atoms with E-state index >= 15 is 0 Å². The van der Waals surface area contributed by atoms with Gasteiger partial charge in [-0.2, -0.15) is 13.2 Å². The summed E-state index contributed by atoms with van der Waals surface area (Å²) in [4.78, 5) is 0. The molecule has 0 aliphatic carbocycles. The molecule has 0 radical (unpaired) electrons. The van der Waals surface area contributed by atoms with Crippen LogP contribution in [-0.2, 0) is 6.18 Å². The highest BCUT2D eigenvalue weighted by Gasteiger charge is 2.34. The van der Waals surface area contributed by atoms with Crippen molar-refractivity contribution >= 4 is 21.6 Å². The summed E-state index contributed by atoms with van der Waals surface area (Å²) in [5.41, 5.74) is -0.750. The largest absolute Gasteiger partial charge is 0.418 e. The highest BCUT2D eigenvalue weighted by atomic mass is 79.9. The zero-order valence-corrected chi connectivity index (χ0v) is 10.8. The van der Waals surface area contributed by atoms with Crippen LogP contribution < -0.4 is 5.32 Å². The van der Waals surface area contributed by atoms with E-state index in [4.69, 9.17) is 5.11 Å². The Labute approximate surface area is 106 Å². The predicted octanol–water partition coefficient (Wildman–Crippen LogP) is 3.65. The molecule has 0 spiro atoms. The maximum Gasteiger partial charge on any atom is 0.418 e. The van der Waals surface area contributed by atoms with Gasteiger partial charge in [-0.3, -0.25) is 0 Å². The van der Waals surface area contributed by atoms with Gasteiger partial charge in [0, 0.05) is 16.2 Å². The van der Waals surface area contributed by atoms with Gasteiger partial charge in [-0.25, -0.2) is 0 Å². The van der Waals surface area contributed by atoms with Gasteiger partial charge in [-0.1, -0.05) is 22.9 Å². The molecule has 1 rings (SSSR count). The first-order valence-corrected chi connectivity index (χ1v) is 5.92. The van der Waals surface area contributed by atoms with Crippen molar-refractivity contribution in [1.29, 1.82) is 0 Å². The number of hydrogen-bond acceptors (Lipinski definition) is 2. The van der Waals surface area contributed by atoms with Crippen LogP contribution in [0.3, 0.4) is 0 Å². The number of aliphatic hydroxyl groups is 1. The van der Waals surface area contributed by atoms with Gasteiger partial charge in [0.1, 0.15) is 0 Å². The fourth-order valence-electron chi connectivity index (χ4n) is 1.37. The molecular weight excluding hydrogens is 299 g/mol. The number of halogens is 4. The average molecular weight is 312 g/mol. The standard InChI is InChI=1S/C11H13BrF3NO/c1-2-8(6-17)16-10-4-3-7(12)5-9(10)11(13,14)15/h3-5,8,16-17H,2,6H2,1H3. The van der Waals surface area contributed by atoms with Gasteiger partial charge in [0.25, 0.3) is 0 Å². The summed E-state index contributed by atoms with van der Waals surface area (Å²) in [5.74, 6) is 0. The molecule has 0 saturated carbocycles. The zero-order chi connectivity index (χ0) is 13.1. The van der Waals surface area contributed by atoms with Crippen LogP contribution in [0.25, 0.3) is 0 Å². The van der Waals surface area contributed by atoms with Crippen molar-refractivity contribution in [2.75, 3.05) is 11.9 Å². The Morgan fingerprint density at radius 1 is 1.41 bits per heavy atom. The lowest BCUT2D eigenvalue weighted by Crippen LogP contribution is -2.24. The maximum atomic E-state index is 12.8. The Hall–Kier alpha value is -0.750. The zero-order valence-electron chi connectivity index (χ0n) is 9.18. The van der Waals surface area contributed by atoms with Crippen molar-refractivity contribution in [1.82, 2.24) is 0 Å². The minimum absolute atomic E-state index is 0.0124. The number of aliphatic hydroxyl groups excluding tert-OH is 1. The molecule has 1 unspecified atom stereocenters. The SMILES string of the molecule is CCC(CO)Nc1ccc(Br)cc1C(F)(F)F. The summed E-state index contributed by atoms with van der Waals surface area (Å²) in [5, 5.41) is 11.7. The second-order valence-corrected chi connectivity index (χ2v) is 4.54. The molecule has 2 N–H and O–H groups in total. The quantitative estimate of drug-likeness (QED) is 0.889. The third kappa shape index (κ3) is 3.89. The Morgan fingerprint density at radius 2 is 2.06 bits per heavy atom. The third-order valence-electron chi connectivity index (χ3n) is 2.36. The summed E-state index contributed by atoms with van der Waals surface area (Å²) in [6, 6.07) is 3.52. The van der Waals surface area contributed by atoms with Crippen molar-refractivity contribution in [2.24, 2.45) is 0 Å². The molecule has 1 atom stereocenters. The van der Waals surface area contributed by atoms with E-state index in [-0.39, 0.29) is 18.3 Å². The van der Waals surface area contributed by atoms with Gasteiger partial charge in [0.15, 0.2) is 0 Å². The van der Waals surface area contributed by atoms with Crippen molar-refractivity contribution in [3.8, 4) is 0 Å². The molecule has 1 aromatic rings. The first kappa shape index (κ1) is 14.3. The predicted molar refractivity (Wildman–Crippen MR) is 63.9 cm³/mol. The molecular formula is C11H13BrF3NO. The minimum atomic E-state index is -4.42. The fourth-order valence-corrected chi connectivity index (χ4v) is 1.73. The second-order valence-electron chi connectivity index (χ2n) is 3.62. The second kappa shape index (κ2) is 5.73. The molecule has 6 heteroatoms. The Kier molecular flexibility index (Phi) is 4.82. The van der Waals surface area contributed by atoms with Crippen LogP contribution in [0.1, 0.15) is 18.9 Å². The number of anilines is 1. The lowest BCUT2D eigenvalue weighted by atomic mass is 10.1. The molecule has 0 fully saturated rings. The molecule has 1 aromatic carbocycles. The fraction of sp³-hybridized carbons (Fsp3) is 0.455. The molecule has 2 nitrogen and oxygen atoms in total. The van der Waals surface area contributed by atoms with Gasteiger partial charge < -0.3 is 10.4 Å². The first-order chi connectivity index (χ1) is 7.88. The van der Waals surface area contributed by atoms with E-state index in [0.29, 0.717) is 10.9 Å². The van der Waals surface area contributed by atoms with Crippen LogP contribution in [0.5, 0.6) is 0 Å². The molecule has 0 amide bonds. The molecule has 0 aliphatic rings. The summed E-state index contributed by atoms with van der Waals surface area (Å²) in [7, 11) is 0. The van der Waals surface area contributed by atoms with E-state index in [1.807, 2.05) is 0 Å². The topological polar surface area (TPSA) is 32.3 Å². The summed E-state index contributed by atoms with van der Waals surface area (Å²) in [6.45, 7) is 1.59. The molecule has 96 valence electrons. The molecule has 0 saturated heterocycles. The van der Waals surface area contributed by atoms with Crippen LogP contribution in [0.15, 0.2) is 22.7 Å². The van der Waals surface area contributed by atoms with Crippen molar-refractivity contribution < 1.29 is 18.3 Å². The van der Waals surface area contributed by atoms with Crippen LogP contribution in [-0.4, -0.2) is 17.8 Å². The van der Waals surface area contributed by atoms with E-state index in [1.165, 1.54) is 12.1 Å².